The van der Waals surface area contributed by atoms with Crippen LogP contribution >= 0.6 is 0 Å². The Morgan fingerprint density at radius 3 is 2.96 bits per heavy atom. The van der Waals surface area contributed by atoms with E-state index in [-0.39, 0.29) is 18.6 Å². The Labute approximate surface area is 133 Å². The second kappa shape index (κ2) is 6.83. The molecule has 3 rings (SSSR count). The third kappa shape index (κ3) is 3.71. The highest BCUT2D eigenvalue weighted by Crippen LogP contribution is 2.23. The summed E-state index contributed by atoms with van der Waals surface area (Å²) in [6.07, 6.45) is 0.959. The Bertz CT molecular complexity index is 669. The molecule has 1 aromatic heterocycles. The summed E-state index contributed by atoms with van der Waals surface area (Å²) in [6, 6.07) is 9.21. The van der Waals surface area contributed by atoms with Gasteiger partial charge in [0.2, 0.25) is 0 Å². The molecule has 0 aliphatic carbocycles. The number of hydrogen-bond donors (Lipinski definition) is 1. The summed E-state index contributed by atoms with van der Waals surface area (Å²) in [6.45, 7) is 2.07. The van der Waals surface area contributed by atoms with E-state index in [2.05, 4.69) is 5.32 Å². The van der Waals surface area contributed by atoms with E-state index in [1.54, 1.807) is 0 Å². The normalized spacial score (nSPS) is 18.7. The van der Waals surface area contributed by atoms with Crippen molar-refractivity contribution in [3.63, 3.8) is 0 Å². The number of amides is 1. The molecule has 1 aliphatic heterocycles. The molecule has 122 valence electrons. The Kier molecular flexibility index (Phi) is 4.62. The second-order valence-corrected chi connectivity index (χ2v) is 5.59. The molecule has 2 atom stereocenters. The van der Waals surface area contributed by atoms with Crippen LogP contribution in [0.25, 0.3) is 11.0 Å². The molecule has 6 heteroatoms. The molecular formula is C17H19NO5. The maximum atomic E-state index is 11.9. The lowest BCUT2D eigenvalue weighted by Crippen LogP contribution is -2.33. The first-order valence-corrected chi connectivity index (χ1v) is 7.69. The summed E-state index contributed by atoms with van der Waals surface area (Å²) in [7, 11) is 0. The number of carbonyl (C=O) groups excluding carboxylic acids is 2. The fourth-order valence-electron chi connectivity index (χ4n) is 2.56. The van der Waals surface area contributed by atoms with E-state index in [1.807, 2.05) is 37.3 Å². The molecule has 0 saturated carbocycles. The zero-order chi connectivity index (χ0) is 16.2. The van der Waals surface area contributed by atoms with Gasteiger partial charge in [-0.25, -0.2) is 4.79 Å². The predicted molar refractivity (Wildman–Crippen MR) is 82.7 cm³/mol. The van der Waals surface area contributed by atoms with Gasteiger partial charge < -0.3 is 19.2 Å². The quantitative estimate of drug-likeness (QED) is 0.856. The maximum Gasteiger partial charge on any atom is 0.335 e. The number of carbonyl (C=O) groups is 2. The molecule has 1 N–H and O–H groups in total. The number of esters is 1. The van der Waals surface area contributed by atoms with Crippen LogP contribution in [0, 0.1) is 0 Å². The lowest BCUT2D eigenvalue weighted by atomic mass is 10.2. The Hall–Kier alpha value is -2.34. The van der Waals surface area contributed by atoms with Crippen LogP contribution in [0.4, 0.5) is 0 Å². The van der Waals surface area contributed by atoms with Crippen LogP contribution in [0.3, 0.4) is 0 Å². The number of fused-ring (bicyclic) bond motifs is 1. The van der Waals surface area contributed by atoms with E-state index in [0.29, 0.717) is 18.8 Å². The van der Waals surface area contributed by atoms with Gasteiger partial charge >= 0.3 is 5.97 Å². The van der Waals surface area contributed by atoms with Crippen LogP contribution in [0.1, 0.15) is 31.6 Å². The van der Waals surface area contributed by atoms with Crippen molar-refractivity contribution in [1.82, 2.24) is 5.32 Å². The number of rotatable bonds is 5. The number of hydrogen-bond acceptors (Lipinski definition) is 5. The van der Waals surface area contributed by atoms with Gasteiger partial charge in [0.15, 0.2) is 12.7 Å². The average molecular weight is 317 g/mol. The molecule has 0 unspecified atom stereocenters. The SMILES string of the molecule is C[C@@H](NC(=O)COC(=O)[C@@H]1CCCO1)c1cc2ccccc2o1. The highest BCUT2D eigenvalue weighted by atomic mass is 16.6. The van der Waals surface area contributed by atoms with Crippen LogP contribution in [0.2, 0.25) is 0 Å². The molecule has 1 aliphatic rings. The Balaban J connectivity index is 1.51. The second-order valence-electron chi connectivity index (χ2n) is 5.59. The van der Waals surface area contributed by atoms with Crippen LogP contribution < -0.4 is 5.32 Å². The van der Waals surface area contributed by atoms with Gasteiger partial charge in [-0.3, -0.25) is 4.79 Å². The summed E-state index contributed by atoms with van der Waals surface area (Å²) >= 11 is 0. The van der Waals surface area contributed by atoms with Crippen LogP contribution in [0.5, 0.6) is 0 Å². The standard InChI is InChI=1S/C17H19NO5/c1-11(15-9-12-5-2-3-6-13(12)23-15)18-16(19)10-22-17(20)14-7-4-8-21-14/h2-3,5-6,9,11,14H,4,7-8,10H2,1H3,(H,18,19)/t11-,14+/m1/s1. The molecule has 0 radical (unpaired) electrons. The highest BCUT2D eigenvalue weighted by Gasteiger charge is 2.25. The minimum atomic E-state index is -0.532. The highest BCUT2D eigenvalue weighted by molar-refractivity contribution is 5.82. The maximum absolute atomic E-state index is 11.9. The minimum absolute atomic E-state index is 0.309. The molecule has 2 heterocycles. The van der Waals surface area contributed by atoms with Crippen molar-refractivity contribution >= 4 is 22.8 Å². The molecule has 1 fully saturated rings. The summed E-state index contributed by atoms with van der Waals surface area (Å²) in [5, 5.41) is 3.73. The molecule has 0 spiro atoms. The van der Waals surface area contributed by atoms with E-state index >= 15 is 0 Å². The van der Waals surface area contributed by atoms with Gasteiger partial charge in [0.1, 0.15) is 11.3 Å². The van der Waals surface area contributed by atoms with Gasteiger partial charge in [0.05, 0.1) is 6.04 Å². The summed E-state index contributed by atoms with van der Waals surface area (Å²) in [5.41, 5.74) is 0.772. The molecule has 0 bridgehead atoms. The number of para-hydroxylation sites is 1. The van der Waals surface area contributed by atoms with Crippen molar-refractivity contribution < 1.29 is 23.5 Å². The first-order chi connectivity index (χ1) is 11.1. The van der Waals surface area contributed by atoms with Crippen molar-refractivity contribution in [1.29, 1.82) is 0 Å². The third-order valence-electron chi connectivity index (χ3n) is 3.79. The largest absolute Gasteiger partial charge is 0.459 e. The zero-order valence-corrected chi connectivity index (χ0v) is 12.9. The number of ether oxygens (including phenoxy) is 2. The predicted octanol–water partition coefficient (Wildman–Crippen LogP) is 2.33. The molecule has 1 saturated heterocycles. The van der Waals surface area contributed by atoms with Crippen molar-refractivity contribution in [2.75, 3.05) is 13.2 Å². The lowest BCUT2D eigenvalue weighted by molar-refractivity contribution is -0.157. The van der Waals surface area contributed by atoms with Crippen LogP contribution in [0.15, 0.2) is 34.7 Å². The lowest BCUT2D eigenvalue weighted by Gasteiger charge is -2.13. The molecule has 1 amide bonds. The zero-order valence-electron chi connectivity index (χ0n) is 12.9. The van der Waals surface area contributed by atoms with Crippen molar-refractivity contribution in [3.05, 3.63) is 36.1 Å². The fraction of sp³-hybridized carbons (Fsp3) is 0.412. The van der Waals surface area contributed by atoms with Gasteiger partial charge in [-0.1, -0.05) is 18.2 Å². The van der Waals surface area contributed by atoms with Crippen LogP contribution in [-0.4, -0.2) is 31.2 Å². The molecule has 1 aromatic carbocycles. The van der Waals surface area contributed by atoms with Crippen molar-refractivity contribution in [3.8, 4) is 0 Å². The Morgan fingerprint density at radius 1 is 1.39 bits per heavy atom. The monoisotopic (exact) mass is 317 g/mol. The van der Waals surface area contributed by atoms with E-state index in [9.17, 15) is 9.59 Å². The first-order valence-electron chi connectivity index (χ1n) is 7.69. The summed E-state index contributed by atoms with van der Waals surface area (Å²) in [4.78, 5) is 23.6. The van der Waals surface area contributed by atoms with E-state index in [1.165, 1.54) is 0 Å². The summed E-state index contributed by atoms with van der Waals surface area (Å²) in [5.74, 6) is -0.191. The van der Waals surface area contributed by atoms with Gasteiger partial charge in [-0.15, -0.1) is 0 Å². The van der Waals surface area contributed by atoms with E-state index < -0.39 is 12.1 Å². The van der Waals surface area contributed by atoms with Gasteiger partial charge in [-0.05, 0) is 31.9 Å². The molecule has 23 heavy (non-hydrogen) atoms. The van der Waals surface area contributed by atoms with E-state index in [4.69, 9.17) is 13.9 Å². The minimum Gasteiger partial charge on any atom is -0.459 e. The molecule has 6 nitrogen and oxygen atoms in total. The van der Waals surface area contributed by atoms with Gasteiger partial charge in [-0.2, -0.15) is 0 Å². The number of nitrogens with one attached hydrogen (secondary N) is 1. The van der Waals surface area contributed by atoms with Gasteiger partial charge in [0, 0.05) is 12.0 Å². The summed E-state index contributed by atoms with van der Waals surface area (Å²) < 4.78 is 15.9. The van der Waals surface area contributed by atoms with Crippen LogP contribution in [-0.2, 0) is 19.1 Å². The fourth-order valence-corrected chi connectivity index (χ4v) is 2.56. The molecular weight excluding hydrogens is 298 g/mol. The topological polar surface area (TPSA) is 77.8 Å². The third-order valence-corrected chi connectivity index (χ3v) is 3.79. The number of benzene rings is 1. The van der Waals surface area contributed by atoms with Crippen molar-refractivity contribution in [2.45, 2.75) is 31.9 Å². The average Bonchev–Trinajstić information content (AvgIpc) is 3.21. The Morgan fingerprint density at radius 2 is 2.22 bits per heavy atom. The smallest absolute Gasteiger partial charge is 0.335 e. The van der Waals surface area contributed by atoms with Gasteiger partial charge in [0.25, 0.3) is 5.91 Å². The van der Waals surface area contributed by atoms with Crippen molar-refractivity contribution in [2.24, 2.45) is 0 Å². The first kappa shape index (κ1) is 15.6. The number of furan rings is 1. The molecule has 2 aromatic rings. The van der Waals surface area contributed by atoms with E-state index in [0.717, 1.165) is 17.4 Å².